The smallest absolute Gasteiger partial charge is 0.286 e. The van der Waals surface area contributed by atoms with Crippen LogP contribution in [0.5, 0.6) is 11.8 Å². The van der Waals surface area contributed by atoms with Gasteiger partial charge in [-0.05, 0) is 32.2 Å². The molecule has 2 rings (SSSR count). The van der Waals surface area contributed by atoms with Crippen LogP contribution in [0.25, 0.3) is 0 Å². The van der Waals surface area contributed by atoms with Gasteiger partial charge in [0.15, 0.2) is 0 Å². The second kappa shape index (κ2) is 10.1. The summed E-state index contributed by atoms with van der Waals surface area (Å²) in [5.41, 5.74) is 3.24. The van der Waals surface area contributed by atoms with Crippen molar-refractivity contribution in [3.63, 3.8) is 0 Å². The van der Waals surface area contributed by atoms with Gasteiger partial charge in [-0.1, -0.05) is 12.1 Å². The van der Waals surface area contributed by atoms with E-state index in [1.807, 2.05) is 0 Å². The van der Waals surface area contributed by atoms with E-state index in [0.717, 1.165) is 0 Å². The van der Waals surface area contributed by atoms with E-state index in [4.69, 9.17) is 9.47 Å². The molecule has 0 aliphatic heterocycles. The summed E-state index contributed by atoms with van der Waals surface area (Å²) in [6, 6.07) is 8.06. The number of nitrogens with one attached hydrogen (secondary N) is 2. The summed E-state index contributed by atoms with van der Waals surface area (Å²) in [5, 5.41) is 6.72. The number of methoxy groups -OCH3 is 2. The topological polar surface area (TPSA) is 127 Å². The fourth-order valence-electron chi connectivity index (χ4n) is 2.01. The van der Waals surface area contributed by atoms with E-state index in [-0.39, 0.29) is 28.6 Å². The van der Waals surface area contributed by atoms with Crippen LogP contribution in [0.15, 0.2) is 49.6 Å². The number of rotatable bonds is 7. The highest BCUT2D eigenvalue weighted by Crippen LogP contribution is 2.26. The first-order valence-corrected chi connectivity index (χ1v) is 10.9. The van der Waals surface area contributed by atoms with Gasteiger partial charge in [0.1, 0.15) is 4.90 Å². The molecule has 0 saturated heterocycles. The maximum absolute atomic E-state index is 12.9. The maximum Gasteiger partial charge on any atom is 0.286 e. The number of benzene rings is 1. The Kier molecular flexibility index (Phi) is 7.79. The second-order valence-electron chi connectivity index (χ2n) is 5.64. The van der Waals surface area contributed by atoms with Crippen LogP contribution in [0.1, 0.15) is 13.8 Å². The van der Waals surface area contributed by atoms with Crippen LogP contribution in [-0.4, -0.2) is 50.5 Å². The molecule has 29 heavy (non-hydrogen) atoms. The Balaban J connectivity index is 2.49. The second-order valence-corrected chi connectivity index (χ2v) is 8.06. The van der Waals surface area contributed by atoms with Crippen molar-refractivity contribution in [2.24, 2.45) is 9.50 Å². The summed E-state index contributed by atoms with van der Waals surface area (Å²) in [5.74, 6) is 0.288. The first-order chi connectivity index (χ1) is 13.8. The maximum atomic E-state index is 12.9. The van der Waals surface area contributed by atoms with Gasteiger partial charge in [-0.2, -0.15) is 23.5 Å². The summed E-state index contributed by atoms with van der Waals surface area (Å²) >= 11 is 1.31. The Morgan fingerprint density at radius 2 is 1.72 bits per heavy atom. The molecule has 10 nitrogen and oxygen atoms in total. The molecule has 0 aliphatic carbocycles. The normalized spacial score (nSPS) is 11.6. The molecule has 0 aliphatic rings. The van der Waals surface area contributed by atoms with Crippen molar-refractivity contribution in [2.75, 3.05) is 25.8 Å². The molecule has 0 unspecified atom stereocenters. The molecule has 0 saturated carbocycles. The molecule has 0 fully saturated rings. The van der Waals surface area contributed by atoms with Crippen molar-refractivity contribution >= 4 is 39.4 Å². The van der Waals surface area contributed by atoms with Gasteiger partial charge in [0, 0.05) is 10.6 Å². The largest absolute Gasteiger partial charge is 0.481 e. The monoisotopic (exact) mass is 438 g/mol. The zero-order valence-electron chi connectivity index (χ0n) is 16.6. The highest BCUT2D eigenvalue weighted by Gasteiger charge is 2.19. The van der Waals surface area contributed by atoms with Gasteiger partial charge in [0.05, 0.1) is 20.3 Å². The Bertz CT molecular complexity index is 998. The molecule has 156 valence electrons. The molecule has 2 N–H and O–H groups in total. The molecule has 1 aromatic heterocycles. The molecule has 0 amide bonds. The van der Waals surface area contributed by atoms with Crippen molar-refractivity contribution in [1.29, 1.82) is 0 Å². The standard InChI is InChI=1S/C17H22N6O4S2/c1-11(2)21-22-17(20-16-18-14(26-3)10-15(19-16)27-4)23-29(24,25)13-9-7-6-8-12(13)28-5/h6-10H,1-5H3,(H2,18,19,20,22,23). The Morgan fingerprint density at radius 3 is 2.28 bits per heavy atom. The summed E-state index contributed by atoms with van der Waals surface area (Å²) in [6.45, 7) is 3.49. The Hall–Kier alpha value is -2.86. The third-order valence-corrected chi connectivity index (χ3v) is 5.53. The van der Waals surface area contributed by atoms with E-state index in [1.54, 1.807) is 38.3 Å². The lowest BCUT2D eigenvalue weighted by Gasteiger charge is -2.11. The van der Waals surface area contributed by atoms with Crippen LogP contribution < -0.4 is 20.2 Å². The van der Waals surface area contributed by atoms with Gasteiger partial charge in [0.25, 0.3) is 10.0 Å². The predicted octanol–water partition coefficient (Wildman–Crippen LogP) is 2.36. The molecule has 2 aromatic rings. The van der Waals surface area contributed by atoms with Crippen molar-refractivity contribution < 1.29 is 17.9 Å². The summed E-state index contributed by atoms with van der Waals surface area (Å²) in [6.07, 6.45) is 1.79. The highest BCUT2D eigenvalue weighted by molar-refractivity contribution is 7.99. The summed E-state index contributed by atoms with van der Waals surface area (Å²) < 4.78 is 39.8. The molecule has 0 radical (unpaired) electrons. The van der Waals surface area contributed by atoms with Crippen LogP contribution in [0, 0.1) is 0 Å². The molecule has 0 bridgehead atoms. The molecule has 1 heterocycles. The minimum atomic E-state index is -4.05. The van der Waals surface area contributed by atoms with E-state index in [2.05, 4.69) is 30.2 Å². The summed E-state index contributed by atoms with van der Waals surface area (Å²) in [4.78, 5) is 8.87. The number of ether oxygens (including phenoxy) is 2. The minimum absolute atomic E-state index is 0.0183. The molecule has 0 atom stereocenters. The van der Waals surface area contributed by atoms with Gasteiger partial charge >= 0.3 is 0 Å². The van der Waals surface area contributed by atoms with E-state index >= 15 is 0 Å². The third-order valence-electron chi connectivity index (χ3n) is 3.27. The number of aromatic nitrogens is 2. The highest BCUT2D eigenvalue weighted by atomic mass is 32.2. The zero-order chi connectivity index (χ0) is 21.4. The van der Waals surface area contributed by atoms with Gasteiger partial charge in [-0.25, -0.2) is 5.43 Å². The number of hydrogen-bond acceptors (Lipinski definition) is 8. The Morgan fingerprint density at radius 1 is 1.10 bits per heavy atom. The molecular formula is C17H22N6O4S2. The van der Waals surface area contributed by atoms with E-state index < -0.39 is 10.0 Å². The molecule has 0 spiro atoms. The van der Waals surface area contributed by atoms with Gasteiger partial charge in [-0.3, -0.25) is 5.32 Å². The third kappa shape index (κ3) is 6.32. The first-order valence-electron chi connectivity index (χ1n) is 8.28. The quantitative estimate of drug-likeness (QED) is 0.290. The number of hydrogen-bond donors (Lipinski definition) is 2. The van der Waals surface area contributed by atoms with E-state index in [1.165, 1.54) is 38.1 Å². The van der Waals surface area contributed by atoms with E-state index in [0.29, 0.717) is 10.6 Å². The van der Waals surface area contributed by atoms with Crippen LogP contribution in [0.4, 0.5) is 5.95 Å². The lowest BCUT2D eigenvalue weighted by molar-refractivity contribution is 0.373. The number of anilines is 1. The minimum Gasteiger partial charge on any atom is -0.481 e. The molecule has 12 heteroatoms. The van der Waals surface area contributed by atoms with Crippen molar-refractivity contribution in [1.82, 2.24) is 15.4 Å². The van der Waals surface area contributed by atoms with Crippen molar-refractivity contribution in [3.05, 3.63) is 30.3 Å². The van der Waals surface area contributed by atoms with Crippen LogP contribution in [0.3, 0.4) is 0 Å². The van der Waals surface area contributed by atoms with Gasteiger partial charge in [-0.15, -0.1) is 16.2 Å². The fourth-order valence-corrected chi connectivity index (χ4v) is 4.06. The van der Waals surface area contributed by atoms with Crippen molar-refractivity contribution in [3.8, 4) is 11.8 Å². The van der Waals surface area contributed by atoms with E-state index in [9.17, 15) is 8.42 Å². The Labute approximate surface area is 173 Å². The SMILES string of the molecule is COc1cc(OC)nc(NC(=NS(=O)(=O)c2ccccc2SC)NN=C(C)C)n1. The lowest BCUT2D eigenvalue weighted by atomic mass is 10.4. The molecule has 1 aromatic carbocycles. The zero-order valence-corrected chi connectivity index (χ0v) is 18.3. The first kappa shape index (κ1) is 22.4. The number of sulfonamides is 1. The average molecular weight is 439 g/mol. The number of hydrazone groups is 1. The van der Waals surface area contributed by atoms with Crippen molar-refractivity contribution in [2.45, 2.75) is 23.6 Å². The fraction of sp³-hybridized carbons (Fsp3) is 0.294. The van der Waals surface area contributed by atoms with Gasteiger partial charge in [0.2, 0.25) is 23.7 Å². The number of guanidine groups is 1. The van der Waals surface area contributed by atoms with Crippen LogP contribution in [0.2, 0.25) is 0 Å². The lowest BCUT2D eigenvalue weighted by Crippen LogP contribution is -2.29. The predicted molar refractivity (Wildman–Crippen MR) is 114 cm³/mol. The average Bonchev–Trinajstić information content (AvgIpc) is 2.71. The number of nitrogens with zero attached hydrogens (tertiary/aromatic N) is 4. The number of thioether (sulfide) groups is 1. The molecular weight excluding hydrogens is 416 g/mol. The summed E-state index contributed by atoms with van der Waals surface area (Å²) in [7, 11) is -1.17. The van der Waals surface area contributed by atoms with Crippen LogP contribution >= 0.6 is 11.8 Å². The van der Waals surface area contributed by atoms with Gasteiger partial charge < -0.3 is 9.47 Å². The van der Waals surface area contributed by atoms with Crippen LogP contribution in [-0.2, 0) is 10.0 Å².